The minimum Gasteiger partial charge on any atom is -0.454 e. The van der Waals surface area contributed by atoms with Crippen molar-refractivity contribution in [1.29, 1.82) is 0 Å². The van der Waals surface area contributed by atoms with E-state index < -0.39 is 17.3 Å². The number of carbonyl (C=O) groups is 2. The molecule has 3 aromatic heterocycles. The quantitative estimate of drug-likeness (QED) is 0.256. The molecule has 4 heterocycles. The van der Waals surface area contributed by atoms with Crippen LogP contribution in [-0.2, 0) is 0 Å². The number of nitrogens with one attached hydrogen (secondary N) is 2. The van der Waals surface area contributed by atoms with E-state index in [4.69, 9.17) is 4.74 Å². The number of pyridine rings is 2. The summed E-state index contributed by atoms with van der Waals surface area (Å²) in [5.74, 6) is -1.06. The van der Waals surface area contributed by atoms with E-state index in [0.717, 1.165) is 18.9 Å². The molecule has 2 aromatic carbocycles. The van der Waals surface area contributed by atoms with Crippen LogP contribution in [0.2, 0.25) is 0 Å². The average molecular weight is 592 g/mol. The largest absolute Gasteiger partial charge is 0.454 e. The second kappa shape index (κ2) is 12.5. The van der Waals surface area contributed by atoms with Crippen LogP contribution in [0.25, 0.3) is 16.9 Å². The fraction of sp³-hybridized carbons (Fsp3) is 0.125. The van der Waals surface area contributed by atoms with E-state index in [2.05, 4.69) is 25.6 Å². The average Bonchev–Trinajstić information content (AvgIpc) is 3.59. The Kier molecular flexibility index (Phi) is 8.04. The molecule has 5 aromatic rings. The number of rotatable bonds is 7. The maximum Gasteiger partial charge on any atom is 0.323 e. The molecular weight excluding hydrogens is 565 g/mol. The lowest BCUT2D eigenvalue weighted by molar-refractivity contribution is 0.102. The summed E-state index contributed by atoms with van der Waals surface area (Å²) < 4.78 is 22.1. The van der Waals surface area contributed by atoms with Gasteiger partial charge in [-0.2, -0.15) is 0 Å². The van der Waals surface area contributed by atoms with Crippen molar-refractivity contribution in [3.05, 3.63) is 119 Å². The monoisotopic (exact) mass is 591 g/mol. The number of benzene rings is 2. The van der Waals surface area contributed by atoms with Gasteiger partial charge in [-0.15, -0.1) is 0 Å². The van der Waals surface area contributed by atoms with Crippen LogP contribution >= 0.6 is 0 Å². The van der Waals surface area contributed by atoms with Crippen LogP contribution in [-0.4, -0.2) is 49.4 Å². The summed E-state index contributed by atoms with van der Waals surface area (Å²) in [7, 11) is 0. The summed E-state index contributed by atoms with van der Waals surface area (Å²) in [4.78, 5) is 53.4. The van der Waals surface area contributed by atoms with Gasteiger partial charge in [-0.25, -0.2) is 14.2 Å². The predicted molar refractivity (Wildman–Crippen MR) is 162 cm³/mol. The van der Waals surface area contributed by atoms with Gasteiger partial charge in [0, 0.05) is 66.9 Å². The van der Waals surface area contributed by atoms with Gasteiger partial charge >= 0.3 is 6.03 Å². The molecule has 2 N–H and O–H groups in total. The molecule has 3 amide bonds. The van der Waals surface area contributed by atoms with Crippen molar-refractivity contribution in [2.45, 2.75) is 12.8 Å². The van der Waals surface area contributed by atoms with E-state index in [0.29, 0.717) is 30.0 Å². The predicted octanol–water partition coefficient (Wildman–Crippen LogP) is 5.50. The Morgan fingerprint density at radius 2 is 1.70 bits per heavy atom. The molecule has 1 aliphatic rings. The van der Waals surface area contributed by atoms with Crippen molar-refractivity contribution >= 4 is 23.4 Å². The van der Waals surface area contributed by atoms with E-state index in [9.17, 15) is 14.4 Å². The van der Waals surface area contributed by atoms with Gasteiger partial charge in [-0.05, 0) is 49.2 Å². The third kappa shape index (κ3) is 6.28. The molecule has 0 aliphatic carbocycles. The molecule has 0 spiro atoms. The van der Waals surface area contributed by atoms with Crippen LogP contribution < -0.4 is 20.9 Å². The lowest BCUT2D eigenvalue weighted by atomic mass is 10.1. The molecule has 0 unspecified atom stereocenters. The lowest BCUT2D eigenvalue weighted by Crippen LogP contribution is -2.32. The second-order valence-electron chi connectivity index (χ2n) is 9.95. The number of likely N-dealkylation sites (tertiary alicyclic amines) is 1. The summed E-state index contributed by atoms with van der Waals surface area (Å²) in [5, 5.41) is 5.32. The molecule has 220 valence electrons. The van der Waals surface area contributed by atoms with Crippen LogP contribution in [0.15, 0.2) is 103 Å². The van der Waals surface area contributed by atoms with Crippen molar-refractivity contribution in [2.24, 2.45) is 0 Å². The number of halogens is 1. The molecule has 0 radical (unpaired) electrons. The highest BCUT2D eigenvalue weighted by Crippen LogP contribution is 2.28. The number of urea groups is 1. The van der Waals surface area contributed by atoms with Crippen molar-refractivity contribution in [1.82, 2.24) is 24.4 Å². The second-order valence-corrected chi connectivity index (χ2v) is 9.95. The number of nitrogens with zero attached hydrogens (tertiary/aromatic N) is 5. The van der Waals surface area contributed by atoms with Crippen molar-refractivity contribution < 1.29 is 18.7 Å². The van der Waals surface area contributed by atoms with Gasteiger partial charge in [0.2, 0.25) is 0 Å². The molecule has 1 saturated heterocycles. The molecule has 1 fully saturated rings. The highest BCUT2D eigenvalue weighted by molar-refractivity contribution is 6.04. The maximum absolute atomic E-state index is 15.1. The highest BCUT2D eigenvalue weighted by Gasteiger charge is 2.20. The minimum atomic E-state index is -0.753. The SMILES string of the molecule is O=C(Nc1ccc(Oc2ccnc(NC(=O)N3CCCC3)c2)c(F)c1)c1cc(-c2cnccn2)cn(-c2ccccc2)c1=O. The first-order chi connectivity index (χ1) is 21.4. The summed E-state index contributed by atoms with van der Waals surface area (Å²) in [6, 6.07) is 16.9. The molecule has 0 atom stereocenters. The Balaban J connectivity index is 1.21. The number of carbonyl (C=O) groups excluding carboxylic acids is 2. The van der Waals surface area contributed by atoms with Crippen molar-refractivity contribution in [3.63, 3.8) is 0 Å². The van der Waals surface area contributed by atoms with Gasteiger partial charge in [0.05, 0.1) is 11.9 Å². The number of ether oxygens (including phenoxy) is 1. The van der Waals surface area contributed by atoms with Crippen LogP contribution in [0.4, 0.5) is 20.7 Å². The summed E-state index contributed by atoms with van der Waals surface area (Å²) >= 11 is 0. The van der Waals surface area contributed by atoms with Crippen molar-refractivity contribution in [2.75, 3.05) is 23.7 Å². The maximum atomic E-state index is 15.1. The Morgan fingerprint density at radius 3 is 2.45 bits per heavy atom. The molecule has 11 nitrogen and oxygen atoms in total. The van der Waals surface area contributed by atoms with E-state index in [1.807, 2.05) is 6.07 Å². The normalized spacial score (nSPS) is 12.5. The van der Waals surface area contributed by atoms with Gasteiger partial charge in [-0.1, -0.05) is 18.2 Å². The molecule has 12 heteroatoms. The van der Waals surface area contributed by atoms with Gasteiger partial charge in [0.1, 0.15) is 17.1 Å². The van der Waals surface area contributed by atoms with E-state index in [1.54, 1.807) is 35.4 Å². The first kappa shape index (κ1) is 28.2. The van der Waals surface area contributed by atoms with Crippen molar-refractivity contribution in [3.8, 4) is 28.4 Å². The molecule has 0 saturated carbocycles. The first-order valence-corrected chi connectivity index (χ1v) is 13.8. The van der Waals surface area contributed by atoms with E-state index >= 15 is 4.39 Å². The first-order valence-electron chi connectivity index (χ1n) is 13.8. The van der Waals surface area contributed by atoms with E-state index in [-0.39, 0.29) is 34.6 Å². The van der Waals surface area contributed by atoms with Crippen LogP contribution in [0.1, 0.15) is 23.2 Å². The topological polar surface area (TPSA) is 131 Å². The molecular formula is C32H26FN7O4. The Bertz CT molecular complexity index is 1880. The molecule has 1 aliphatic heterocycles. The van der Waals surface area contributed by atoms with Gasteiger partial charge in [-0.3, -0.25) is 29.4 Å². The Labute approximate surface area is 251 Å². The third-order valence-corrected chi connectivity index (χ3v) is 6.93. The third-order valence-electron chi connectivity index (χ3n) is 6.93. The summed E-state index contributed by atoms with van der Waals surface area (Å²) in [5.41, 5.74) is 0.900. The lowest BCUT2D eigenvalue weighted by Gasteiger charge is -2.16. The minimum absolute atomic E-state index is 0.109. The fourth-order valence-electron chi connectivity index (χ4n) is 4.75. The number of hydrogen-bond donors (Lipinski definition) is 2. The Morgan fingerprint density at radius 1 is 0.886 bits per heavy atom. The van der Waals surface area contributed by atoms with Gasteiger partial charge < -0.3 is 15.0 Å². The summed E-state index contributed by atoms with van der Waals surface area (Å²) in [6.07, 6.45) is 9.51. The Hall–Kier alpha value is -5.91. The number of anilines is 2. The zero-order chi connectivity index (χ0) is 30.5. The summed E-state index contributed by atoms with van der Waals surface area (Å²) in [6.45, 7) is 1.37. The fourth-order valence-corrected chi connectivity index (χ4v) is 4.75. The highest BCUT2D eigenvalue weighted by atomic mass is 19.1. The smallest absolute Gasteiger partial charge is 0.323 e. The standard InChI is InChI=1S/C32H26FN7O4/c33-26-17-22(8-9-28(26)44-24-10-11-36-29(18-24)38-32(43)39-14-4-5-15-39)37-30(41)25-16-21(27-19-34-12-13-35-27)20-40(31(25)42)23-6-2-1-3-7-23/h1-3,6-13,16-20H,4-5,14-15H2,(H,37,41)(H,36,38,43). The van der Waals surface area contributed by atoms with Crippen LogP contribution in [0.3, 0.4) is 0 Å². The zero-order valence-corrected chi connectivity index (χ0v) is 23.3. The van der Waals surface area contributed by atoms with Gasteiger partial charge in [0.15, 0.2) is 11.6 Å². The number of hydrogen-bond acceptors (Lipinski definition) is 7. The zero-order valence-electron chi connectivity index (χ0n) is 23.3. The van der Waals surface area contributed by atoms with Gasteiger partial charge in [0.25, 0.3) is 11.5 Å². The van der Waals surface area contributed by atoms with Crippen LogP contribution in [0, 0.1) is 5.82 Å². The van der Waals surface area contributed by atoms with E-state index in [1.165, 1.54) is 59.7 Å². The van der Waals surface area contributed by atoms with Crippen LogP contribution in [0.5, 0.6) is 11.5 Å². The molecule has 6 rings (SSSR count). The molecule has 44 heavy (non-hydrogen) atoms. The number of aromatic nitrogens is 4. The molecule has 0 bridgehead atoms. The number of amides is 3. The number of para-hydroxylation sites is 1.